The van der Waals surface area contributed by atoms with Crippen LogP contribution in [0.25, 0.3) is 0 Å². The summed E-state index contributed by atoms with van der Waals surface area (Å²) in [7, 11) is -3.78. The van der Waals surface area contributed by atoms with Gasteiger partial charge in [0, 0.05) is 28.9 Å². The SMILES string of the molecule is Cc1ccc(NS(=O)(=O)c2cccc(C(=O)NCCCCc3nc(C)cs3)c2)cc1. The quantitative estimate of drug-likeness (QED) is 0.482. The highest BCUT2D eigenvalue weighted by Crippen LogP contribution is 2.18. The number of sulfonamides is 1. The second-order valence-electron chi connectivity index (χ2n) is 7.09. The summed E-state index contributed by atoms with van der Waals surface area (Å²) in [6.07, 6.45) is 2.66. The Bertz CT molecular complexity index is 1110. The van der Waals surface area contributed by atoms with Crippen molar-refractivity contribution in [1.29, 1.82) is 0 Å². The smallest absolute Gasteiger partial charge is 0.261 e. The van der Waals surface area contributed by atoms with Gasteiger partial charge in [-0.2, -0.15) is 0 Å². The van der Waals surface area contributed by atoms with Crippen molar-refractivity contribution < 1.29 is 13.2 Å². The van der Waals surface area contributed by atoms with Gasteiger partial charge in [-0.3, -0.25) is 9.52 Å². The highest BCUT2D eigenvalue weighted by molar-refractivity contribution is 7.92. The molecule has 8 heteroatoms. The van der Waals surface area contributed by atoms with Gasteiger partial charge in [0.15, 0.2) is 0 Å². The molecule has 2 aromatic carbocycles. The average Bonchev–Trinajstić information content (AvgIpc) is 3.14. The summed E-state index contributed by atoms with van der Waals surface area (Å²) in [5.41, 5.74) is 2.87. The number of amides is 1. The Morgan fingerprint density at radius 2 is 1.83 bits per heavy atom. The number of nitrogens with zero attached hydrogens (tertiary/aromatic N) is 1. The molecule has 0 unspecified atom stereocenters. The van der Waals surface area contributed by atoms with Crippen molar-refractivity contribution in [2.24, 2.45) is 0 Å². The van der Waals surface area contributed by atoms with Gasteiger partial charge in [0.2, 0.25) is 0 Å². The van der Waals surface area contributed by atoms with E-state index in [-0.39, 0.29) is 10.8 Å². The fourth-order valence-electron chi connectivity index (χ4n) is 2.86. The van der Waals surface area contributed by atoms with Crippen LogP contribution in [-0.2, 0) is 16.4 Å². The number of aryl methyl sites for hydroxylation is 3. The maximum Gasteiger partial charge on any atom is 0.261 e. The lowest BCUT2D eigenvalue weighted by Crippen LogP contribution is -2.25. The van der Waals surface area contributed by atoms with Crippen LogP contribution in [0, 0.1) is 13.8 Å². The molecular formula is C22H25N3O3S2. The fourth-order valence-corrected chi connectivity index (χ4v) is 4.79. The monoisotopic (exact) mass is 443 g/mol. The number of rotatable bonds is 9. The molecular weight excluding hydrogens is 418 g/mol. The van der Waals surface area contributed by atoms with E-state index >= 15 is 0 Å². The molecule has 0 saturated carbocycles. The minimum atomic E-state index is -3.78. The van der Waals surface area contributed by atoms with Gasteiger partial charge in [0.05, 0.1) is 9.90 Å². The number of carbonyl (C=O) groups excluding carboxylic acids is 1. The number of benzene rings is 2. The van der Waals surface area contributed by atoms with E-state index in [0.29, 0.717) is 17.8 Å². The lowest BCUT2D eigenvalue weighted by atomic mass is 10.2. The number of nitrogens with one attached hydrogen (secondary N) is 2. The molecule has 2 N–H and O–H groups in total. The van der Waals surface area contributed by atoms with Crippen LogP contribution in [0.2, 0.25) is 0 Å². The second kappa shape index (κ2) is 9.86. The minimum Gasteiger partial charge on any atom is -0.352 e. The van der Waals surface area contributed by atoms with E-state index in [9.17, 15) is 13.2 Å². The van der Waals surface area contributed by atoms with Crippen LogP contribution in [-0.4, -0.2) is 25.9 Å². The van der Waals surface area contributed by atoms with Gasteiger partial charge in [0.25, 0.3) is 15.9 Å². The topological polar surface area (TPSA) is 88.2 Å². The average molecular weight is 444 g/mol. The predicted octanol–water partition coefficient (Wildman–Crippen LogP) is 4.31. The number of anilines is 1. The highest BCUT2D eigenvalue weighted by atomic mass is 32.2. The third-order valence-corrected chi connectivity index (χ3v) is 6.89. The first kappa shape index (κ1) is 22.0. The van der Waals surface area contributed by atoms with Gasteiger partial charge >= 0.3 is 0 Å². The largest absolute Gasteiger partial charge is 0.352 e. The van der Waals surface area contributed by atoms with Crippen LogP contribution in [0.1, 0.15) is 39.5 Å². The number of aromatic nitrogens is 1. The van der Waals surface area contributed by atoms with E-state index in [2.05, 4.69) is 15.0 Å². The van der Waals surface area contributed by atoms with Crippen molar-refractivity contribution in [2.45, 2.75) is 38.0 Å². The zero-order valence-corrected chi connectivity index (χ0v) is 18.6. The Morgan fingerprint density at radius 3 is 2.53 bits per heavy atom. The van der Waals surface area contributed by atoms with E-state index < -0.39 is 10.0 Å². The summed E-state index contributed by atoms with van der Waals surface area (Å²) in [5, 5.41) is 6.00. The van der Waals surface area contributed by atoms with Crippen molar-refractivity contribution in [3.63, 3.8) is 0 Å². The summed E-state index contributed by atoms with van der Waals surface area (Å²) >= 11 is 1.65. The van der Waals surface area contributed by atoms with Gasteiger partial charge < -0.3 is 5.32 Å². The molecule has 3 rings (SSSR count). The zero-order chi connectivity index (χ0) is 21.6. The molecule has 0 atom stereocenters. The van der Waals surface area contributed by atoms with Crippen molar-refractivity contribution >= 4 is 33.0 Å². The van der Waals surface area contributed by atoms with E-state index in [1.54, 1.807) is 35.6 Å². The number of carbonyl (C=O) groups is 1. The molecule has 3 aromatic rings. The van der Waals surface area contributed by atoms with Crippen molar-refractivity contribution in [2.75, 3.05) is 11.3 Å². The Kier molecular flexibility index (Phi) is 7.23. The molecule has 6 nitrogen and oxygen atoms in total. The third-order valence-electron chi connectivity index (χ3n) is 4.48. The first-order valence-electron chi connectivity index (χ1n) is 9.72. The molecule has 158 valence electrons. The Hall–Kier alpha value is -2.71. The van der Waals surface area contributed by atoms with Gasteiger partial charge in [-0.05, 0) is 63.4 Å². The molecule has 0 spiro atoms. The molecule has 1 amide bonds. The number of thiazole rings is 1. The molecule has 0 aliphatic carbocycles. The number of unbranched alkanes of at least 4 members (excludes halogenated alkanes) is 1. The zero-order valence-electron chi connectivity index (χ0n) is 17.0. The lowest BCUT2D eigenvalue weighted by molar-refractivity contribution is 0.0953. The Labute approximate surface area is 181 Å². The van der Waals surface area contributed by atoms with Crippen molar-refractivity contribution in [3.8, 4) is 0 Å². The normalized spacial score (nSPS) is 11.3. The molecule has 30 heavy (non-hydrogen) atoms. The standard InChI is InChI=1S/C22H25N3O3S2/c1-16-9-11-19(12-10-16)25-30(27,28)20-7-5-6-18(14-20)22(26)23-13-4-3-8-21-24-17(2)15-29-21/h5-7,9-12,14-15,25H,3-4,8,13H2,1-2H3,(H,23,26). The Balaban J connectivity index is 1.54. The summed E-state index contributed by atoms with van der Waals surface area (Å²) in [6.45, 7) is 4.44. The highest BCUT2D eigenvalue weighted by Gasteiger charge is 2.16. The molecule has 0 bridgehead atoms. The predicted molar refractivity (Wildman–Crippen MR) is 121 cm³/mol. The van der Waals surface area contributed by atoms with Crippen LogP contribution in [0.15, 0.2) is 58.8 Å². The van der Waals surface area contributed by atoms with Gasteiger partial charge in [-0.25, -0.2) is 13.4 Å². The molecule has 1 heterocycles. The molecule has 0 radical (unpaired) electrons. The molecule has 0 aliphatic rings. The number of hydrogen-bond acceptors (Lipinski definition) is 5. The summed E-state index contributed by atoms with van der Waals surface area (Å²) in [6, 6.07) is 13.1. The second-order valence-corrected chi connectivity index (χ2v) is 9.72. The van der Waals surface area contributed by atoms with E-state index in [0.717, 1.165) is 35.5 Å². The minimum absolute atomic E-state index is 0.0508. The van der Waals surface area contributed by atoms with Crippen LogP contribution in [0.4, 0.5) is 5.69 Å². The molecule has 0 saturated heterocycles. The van der Waals surface area contributed by atoms with E-state index in [1.807, 2.05) is 31.4 Å². The lowest BCUT2D eigenvalue weighted by Gasteiger charge is -2.10. The molecule has 0 fully saturated rings. The maximum atomic E-state index is 12.6. The van der Waals surface area contributed by atoms with Crippen LogP contribution >= 0.6 is 11.3 Å². The first-order valence-corrected chi connectivity index (χ1v) is 12.1. The van der Waals surface area contributed by atoms with Gasteiger partial charge in [-0.15, -0.1) is 11.3 Å². The van der Waals surface area contributed by atoms with Gasteiger partial charge in [0.1, 0.15) is 0 Å². The maximum absolute atomic E-state index is 12.6. The third kappa shape index (κ3) is 6.14. The van der Waals surface area contributed by atoms with Crippen LogP contribution in [0.3, 0.4) is 0 Å². The van der Waals surface area contributed by atoms with Crippen LogP contribution in [0.5, 0.6) is 0 Å². The number of hydrogen-bond donors (Lipinski definition) is 2. The molecule has 1 aromatic heterocycles. The van der Waals surface area contributed by atoms with Crippen molar-refractivity contribution in [1.82, 2.24) is 10.3 Å². The molecule has 0 aliphatic heterocycles. The summed E-state index contributed by atoms with van der Waals surface area (Å²) < 4.78 is 27.8. The Morgan fingerprint density at radius 1 is 1.07 bits per heavy atom. The summed E-state index contributed by atoms with van der Waals surface area (Å²) in [4.78, 5) is 16.9. The van der Waals surface area contributed by atoms with E-state index in [4.69, 9.17) is 0 Å². The fraction of sp³-hybridized carbons (Fsp3) is 0.273. The van der Waals surface area contributed by atoms with E-state index in [1.165, 1.54) is 12.1 Å². The summed E-state index contributed by atoms with van der Waals surface area (Å²) in [5.74, 6) is -0.285. The van der Waals surface area contributed by atoms with Gasteiger partial charge in [-0.1, -0.05) is 23.8 Å². The van der Waals surface area contributed by atoms with Crippen molar-refractivity contribution in [3.05, 3.63) is 75.7 Å². The first-order chi connectivity index (χ1) is 14.3. The van der Waals surface area contributed by atoms with Crippen LogP contribution < -0.4 is 10.0 Å².